The van der Waals surface area contributed by atoms with Crippen molar-refractivity contribution in [1.29, 1.82) is 0 Å². The SMILES string of the molecule is CN=C(NCCN(C)c1ccccc1)NCc1cccs1.I. The van der Waals surface area contributed by atoms with Crippen LogP contribution in [0.3, 0.4) is 0 Å². The summed E-state index contributed by atoms with van der Waals surface area (Å²) in [5.41, 5.74) is 1.22. The van der Waals surface area contributed by atoms with Gasteiger partial charge in [-0.3, -0.25) is 4.99 Å². The number of anilines is 1. The van der Waals surface area contributed by atoms with Crippen LogP contribution in [0.1, 0.15) is 4.88 Å². The van der Waals surface area contributed by atoms with Gasteiger partial charge in [-0.1, -0.05) is 24.3 Å². The summed E-state index contributed by atoms with van der Waals surface area (Å²) in [4.78, 5) is 7.76. The summed E-state index contributed by atoms with van der Waals surface area (Å²) in [6, 6.07) is 14.6. The minimum absolute atomic E-state index is 0. The fourth-order valence-corrected chi connectivity index (χ4v) is 2.60. The molecule has 0 amide bonds. The van der Waals surface area contributed by atoms with Gasteiger partial charge in [0.2, 0.25) is 0 Å². The Hall–Kier alpha value is -1.28. The summed E-state index contributed by atoms with van der Waals surface area (Å²) < 4.78 is 0. The van der Waals surface area contributed by atoms with Gasteiger partial charge in [0.15, 0.2) is 5.96 Å². The average Bonchev–Trinajstić information content (AvgIpc) is 3.04. The van der Waals surface area contributed by atoms with Gasteiger partial charge in [-0.25, -0.2) is 0 Å². The number of aliphatic imine (C=N–C) groups is 1. The second-order valence-electron chi connectivity index (χ2n) is 4.69. The molecule has 1 aromatic heterocycles. The fourth-order valence-electron chi connectivity index (χ4n) is 1.96. The van der Waals surface area contributed by atoms with E-state index in [1.807, 2.05) is 6.07 Å². The number of nitrogens with zero attached hydrogens (tertiary/aromatic N) is 2. The van der Waals surface area contributed by atoms with E-state index >= 15 is 0 Å². The molecule has 1 aromatic carbocycles. The molecule has 0 aliphatic carbocycles. The molecule has 0 unspecified atom stereocenters. The number of hydrogen-bond donors (Lipinski definition) is 2. The van der Waals surface area contributed by atoms with Gasteiger partial charge in [-0.05, 0) is 23.6 Å². The monoisotopic (exact) mass is 430 g/mol. The average molecular weight is 430 g/mol. The Morgan fingerprint density at radius 1 is 1.14 bits per heavy atom. The molecule has 4 nitrogen and oxygen atoms in total. The molecule has 0 saturated heterocycles. The molecule has 6 heteroatoms. The van der Waals surface area contributed by atoms with Crippen molar-refractivity contribution in [1.82, 2.24) is 10.6 Å². The summed E-state index contributed by atoms with van der Waals surface area (Å²) in [7, 11) is 3.89. The number of guanidine groups is 1. The van der Waals surface area contributed by atoms with E-state index in [0.29, 0.717) is 0 Å². The first-order chi connectivity index (χ1) is 10.3. The van der Waals surface area contributed by atoms with Crippen LogP contribution < -0.4 is 15.5 Å². The van der Waals surface area contributed by atoms with E-state index in [2.05, 4.69) is 69.4 Å². The van der Waals surface area contributed by atoms with E-state index in [9.17, 15) is 0 Å². The highest BCUT2D eigenvalue weighted by molar-refractivity contribution is 14.0. The summed E-state index contributed by atoms with van der Waals surface area (Å²) in [6.07, 6.45) is 0. The number of likely N-dealkylation sites (N-methyl/N-ethyl adjacent to an activating group) is 1. The highest BCUT2D eigenvalue weighted by Crippen LogP contribution is 2.09. The quantitative estimate of drug-likeness (QED) is 0.420. The number of nitrogens with one attached hydrogen (secondary N) is 2. The minimum Gasteiger partial charge on any atom is -0.373 e. The lowest BCUT2D eigenvalue weighted by Crippen LogP contribution is -2.40. The fraction of sp³-hybridized carbons (Fsp3) is 0.312. The van der Waals surface area contributed by atoms with E-state index in [4.69, 9.17) is 0 Å². The molecule has 0 radical (unpaired) electrons. The molecule has 0 saturated carbocycles. The van der Waals surface area contributed by atoms with Gasteiger partial charge in [-0.15, -0.1) is 35.3 Å². The predicted molar refractivity (Wildman–Crippen MR) is 108 cm³/mol. The van der Waals surface area contributed by atoms with E-state index < -0.39 is 0 Å². The number of rotatable bonds is 6. The standard InChI is InChI=1S/C16H22N4S.HI/c1-17-16(19-13-15-9-6-12-21-15)18-10-11-20(2)14-7-4-3-5-8-14;/h3-9,12H,10-11,13H2,1-2H3,(H2,17,18,19);1H. The van der Waals surface area contributed by atoms with Gasteiger partial charge < -0.3 is 15.5 Å². The van der Waals surface area contributed by atoms with Crippen molar-refractivity contribution in [2.45, 2.75) is 6.54 Å². The van der Waals surface area contributed by atoms with Crippen molar-refractivity contribution in [2.24, 2.45) is 4.99 Å². The highest BCUT2D eigenvalue weighted by Gasteiger charge is 2.01. The van der Waals surface area contributed by atoms with Gasteiger partial charge >= 0.3 is 0 Å². The van der Waals surface area contributed by atoms with Gasteiger partial charge in [0.1, 0.15) is 0 Å². The third-order valence-corrected chi connectivity index (χ3v) is 4.05. The summed E-state index contributed by atoms with van der Waals surface area (Å²) in [6.45, 7) is 2.57. The Morgan fingerprint density at radius 2 is 1.91 bits per heavy atom. The number of benzene rings is 1. The number of hydrogen-bond acceptors (Lipinski definition) is 3. The Labute approximate surface area is 153 Å². The largest absolute Gasteiger partial charge is 0.373 e. The molecule has 0 spiro atoms. The number of para-hydroxylation sites is 1. The zero-order valence-electron chi connectivity index (χ0n) is 13.0. The first kappa shape index (κ1) is 18.8. The van der Waals surface area contributed by atoms with Crippen molar-refractivity contribution < 1.29 is 0 Å². The van der Waals surface area contributed by atoms with Crippen molar-refractivity contribution in [2.75, 3.05) is 32.1 Å². The minimum atomic E-state index is 0. The molecule has 0 aliphatic rings. The summed E-state index contributed by atoms with van der Waals surface area (Å²) in [5.74, 6) is 0.838. The molecular formula is C16H23IN4S. The molecule has 120 valence electrons. The maximum Gasteiger partial charge on any atom is 0.191 e. The van der Waals surface area contributed by atoms with E-state index in [1.165, 1.54) is 10.6 Å². The maximum atomic E-state index is 4.24. The van der Waals surface area contributed by atoms with Crippen LogP contribution in [0.2, 0.25) is 0 Å². The van der Waals surface area contributed by atoms with Crippen molar-refractivity contribution in [3.05, 3.63) is 52.7 Å². The smallest absolute Gasteiger partial charge is 0.191 e. The molecule has 2 N–H and O–H groups in total. The van der Waals surface area contributed by atoms with Gasteiger partial charge in [-0.2, -0.15) is 0 Å². The first-order valence-corrected chi connectivity index (χ1v) is 7.90. The van der Waals surface area contributed by atoms with Crippen LogP contribution in [0.5, 0.6) is 0 Å². The van der Waals surface area contributed by atoms with Crippen LogP contribution >= 0.6 is 35.3 Å². The summed E-state index contributed by atoms with van der Waals surface area (Å²) >= 11 is 1.75. The molecule has 22 heavy (non-hydrogen) atoms. The molecule has 0 bridgehead atoms. The summed E-state index contributed by atoms with van der Waals surface area (Å²) in [5, 5.41) is 8.74. The number of thiophene rings is 1. The van der Waals surface area contributed by atoms with E-state index in [-0.39, 0.29) is 24.0 Å². The molecule has 1 heterocycles. The Balaban J connectivity index is 0.00000242. The van der Waals surface area contributed by atoms with Crippen molar-refractivity contribution >= 4 is 47.0 Å². The molecule has 0 aliphatic heterocycles. The first-order valence-electron chi connectivity index (χ1n) is 7.02. The number of halogens is 1. The van der Waals surface area contributed by atoms with Crippen molar-refractivity contribution in [3.63, 3.8) is 0 Å². The van der Waals surface area contributed by atoms with Gasteiger partial charge in [0.05, 0.1) is 6.54 Å². The second kappa shape index (κ2) is 10.4. The highest BCUT2D eigenvalue weighted by atomic mass is 127. The van der Waals surface area contributed by atoms with Crippen LogP contribution in [0, 0.1) is 0 Å². The normalized spacial score (nSPS) is 10.7. The Bertz CT molecular complexity index is 543. The Kier molecular flexibility index (Phi) is 8.91. The zero-order valence-corrected chi connectivity index (χ0v) is 16.1. The van der Waals surface area contributed by atoms with Crippen LogP contribution in [0.4, 0.5) is 5.69 Å². The lowest BCUT2D eigenvalue weighted by Gasteiger charge is -2.20. The molecular weight excluding hydrogens is 407 g/mol. The van der Waals surface area contributed by atoms with E-state index in [0.717, 1.165) is 25.6 Å². The predicted octanol–water partition coefficient (Wildman–Crippen LogP) is 3.17. The lowest BCUT2D eigenvalue weighted by atomic mass is 10.3. The lowest BCUT2D eigenvalue weighted by molar-refractivity contribution is 0.780. The van der Waals surface area contributed by atoms with E-state index in [1.54, 1.807) is 18.4 Å². The van der Waals surface area contributed by atoms with Crippen LogP contribution in [-0.2, 0) is 6.54 Å². The second-order valence-corrected chi connectivity index (χ2v) is 5.72. The van der Waals surface area contributed by atoms with Crippen LogP contribution in [0.15, 0.2) is 52.8 Å². The third-order valence-electron chi connectivity index (χ3n) is 3.17. The van der Waals surface area contributed by atoms with Crippen LogP contribution in [0.25, 0.3) is 0 Å². The van der Waals surface area contributed by atoms with Gasteiger partial charge in [0, 0.05) is 37.7 Å². The molecule has 2 aromatic rings. The molecule has 2 rings (SSSR count). The topological polar surface area (TPSA) is 39.7 Å². The van der Waals surface area contributed by atoms with Gasteiger partial charge in [0.25, 0.3) is 0 Å². The molecule has 0 atom stereocenters. The van der Waals surface area contributed by atoms with Crippen molar-refractivity contribution in [3.8, 4) is 0 Å². The maximum absolute atomic E-state index is 4.24. The van der Waals surface area contributed by atoms with Crippen LogP contribution in [-0.4, -0.2) is 33.1 Å². The molecule has 0 fully saturated rings. The third kappa shape index (κ3) is 6.23. The Morgan fingerprint density at radius 3 is 2.55 bits per heavy atom. The zero-order chi connectivity index (χ0) is 14.9.